The SMILES string of the molecule is O=C(NC1CCc2nnc(C3CC3)n2CC1)c1nnc2n1CCCCC2. The minimum Gasteiger partial charge on any atom is -0.346 e. The maximum absolute atomic E-state index is 12.8. The summed E-state index contributed by atoms with van der Waals surface area (Å²) in [4.78, 5) is 12.8. The van der Waals surface area contributed by atoms with E-state index < -0.39 is 0 Å². The Morgan fingerprint density at radius 2 is 1.69 bits per heavy atom. The van der Waals surface area contributed by atoms with Crippen molar-refractivity contribution in [3.05, 3.63) is 23.3 Å². The summed E-state index contributed by atoms with van der Waals surface area (Å²) in [6, 6.07) is 0.148. The van der Waals surface area contributed by atoms with E-state index in [2.05, 4.69) is 30.3 Å². The summed E-state index contributed by atoms with van der Waals surface area (Å²) in [5.41, 5.74) is 0. The van der Waals surface area contributed by atoms with E-state index >= 15 is 0 Å². The van der Waals surface area contributed by atoms with Gasteiger partial charge in [-0.3, -0.25) is 4.79 Å². The number of rotatable bonds is 3. The number of aromatic nitrogens is 6. The van der Waals surface area contributed by atoms with Crippen LogP contribution in [0.4, 0.5) is 0 Å². The molecule has 1 saturated carbocycles. The largest absolute Gasteiger partial charge is 0.346 e. The van der Waals surface area contributed by atoms with Gasteiger partial charge in [0.15, 0.2) is 0 Å². The lowest BCUT2D eigenvalue weighted by molar-refractivity contribution is 0.0917. The van der Waals surface area contributed by atoms with E-state index in [1.165, 1.54) is 19.3 Å². The van der Waals surface area contributed by atoms with Gasteiger partial charge in [-0.2, -0.15) is 0 Å². The maximum atomic E-state index is 12.8. The van der Waals surface area contributed by atoms with Crippen LogP contribution in [0, 0.1) is 0 Å². The Bertz CT molecular complexity index is 820. The van der Waals surface area contributed by atoms with E-state index in [9.17, 15) is 4.79 Å². The number of hydrogen-bond donors (Lipinski definition) is 1. The number of carbonyl (C=O) groups excluding carboxylic acids is 1. The Morgan fingerprint density at radius 3 is 2.58 bits per heavy atom. The summed E-state index contributed by atoms with van der Waals surface area (Å²) in [7, 11) is 0. The molecule has 0 saturated heterocycles. The molecule has 1 aliphatic carbocycles. The zero-order valence-electron chi connectivity index (χ0n) is 15.0. The van der Waals surface area contributed by atoms with Crippen molar-refractivity contribution in [1.82, 2.24) is 34.8 Å². The summed E-state index contributed by atoms with van der Waals surface area (Å²) in [6.07, 6.45) is 9.47. The minimum atomic E-state index is -0.0873. The summed E-state index contributed by atoms with van der Waals surface area (Å²) < 4.78 is 4.30. The number of nitrogens with one attached hydrogen (secondary N) is 1. The highest BCUT2D eigenvalue weighted by atomic mass is 16.2. The molecule has 2 aromatic rings. The highest BCUT2D eigenvalue weighted by Gasteiger charge is 2.32. The van der Waals surface area contributed by atoms with Crippen molar-refractivity contribution in [3.8, 4) is 0 Å². The predicted octanol–water partition coefficient (Wildman–Crippen LogP) is 1.61. The molecule has 0 spiro atoms. The second-order valence-electron chi connectivity index (χ2n) is 7.80. The topological polar surface area (TPSA) is 90.5 Å². The molecule has 2 aromatic heterocycles. The molecular formula is C18H25N7O. The zero-order valence-corrected chi connectivity index (χ0v) is 15.0. The van der Waals surface area contributed by atoms with E-state index in [0.29, 0.717) is 11.7 Å². The third-order valence-electron chi connectivity index (χ3n) is 5.86. The van der Waals surface area contributed by atoms with Crippen LogP contribution in [-0.2, 0) is 25.9 Å². The lowest BCUT2D eigenvalue weighted by Gasteiger charge is -2.16. The number of carbonyl (C=O) groups is 1. The number of nitrogens with zero attached hydrogens (tertiary/aromatic N) is 6. The van der Waals surface area contributed by atoms with Crippen molar-refractivity contribution in [2.75, 3.05) is 0 Å². The van der Waals surface area contributed by atoms with Crippen LogP contribution in [0.2, 0.25) is 0 Å². The maximum Gasteiger partial charge on any atom is 0.289 e. The molecule has 1 unspecified atom stereocenters. The first-order chi connectivity index (χ1) is 12.8. The van der Waals surface area contributed by atoms with Gasteiger partial charge in [0.2, 0.25) is 5.82 Å². The van der Waals surface area contributed by atoms with Gasteiger partial charge in [-0.05, 0) is 38.5 Å². The number of fused-ring (bicyclic) bond motifs is 2. The highest BCUT2D eigenvalue weighted by molar-refractivity contribution is 5.90. The van der Waals surface area contributed by atoms with Crippen molar-refractivity contribution in [1.29, 1.82) is 0 Å². The second kappa shape index (κ2) is 6.48. The quantitative estimate of drug-likeness (QED) is 0.903. The van der Waals surface area contributed by atoms with Crippen molar-refractivity contribution >= 4 is 5.91 Å². The lowest BCUT2D eigenvalue weighted by Crippen LogP contribution is -2.37. The first kappa shape index (κ1) is 16.0. The van der Waals surface area contributed by atoms with Gasteiger partial charge >= 0.3 is 0 Å². The molecule has 8 nitrogen and oxygen atoms in total. The molecule has 2 aliphatic heterocycles. The zero-order chi connectivity index (χ0) is 17.5. The number of amides is 1. The van der Waals surface area contributed by atoms with Gasteiger partial charge in [-0.1, -0.05) is 6.42 Å². The van der Waals surface area contributed by atoms with Crippen molar-refractivity contribution < 1.29 is 4.79 Å². The molecule has 26 heavy (non-hydrogen) atoms. The fourth-order valence-electron chi connectivity index (χ4n) is 4.20. The van der Waals surface area contributed by atoms with Crippen LogP contribution in [0.3, 0.4) is 0 Å². The molecule has 1 amide bonds. The average Bonchev–Trinajstić information content (AvgIpc) is 3.39. The predicted molar refractivity (Wildman–Crippen MR) is 93.8 cm³/mol. The molecular weight excluding hydrogens is 330 g/mol. The van der Waals surface area contributed by atoms with Crippen LogP contribution in [0.1, 0.15) is 79.0 Å². The first-order valence-corrected chi connectivity index (χ1v) is 9.94. The molecule has 8 heteroatoms. The summed E-state index contributed by atoms with van der Waals surface area (Å²) in [5, 5.41) is 20.4. The van der Waals surface area contributed by atoms with Crippen LogP contribution < -0.4 is 5.32 Å². The summed E-state index contributed by atoms with van der Waals surface area (Å²) in [5.74, 6) is 4.16. The van der Waals surface area contributed by atoms with E-state index in [-0.39, 0.29) is 11.9 Å². The van der Waals surface area contributed by atoms with Crippen LogP contribution in [-0.4, -0.2) is 41.5 Å². The highest BCUT2D eigenvalue weighted by Crippen LogP contribution is 2.39. The Kier molecular flexibility index (Phi) is 3.98. The third kappa shape index (κ3) is 2.91. The van der Waals surface area contributed by atoms with Crippen LogP contribution in [0.25, 0.3) is 0 Å². The normalized spacial score (nSPS) is 22.8. The minimum absolute atomic E-state index is 0.0873. The monoisotopic (exact) mass is 355 g/mol. The van der Waals surface area contributed by atoms with Gasteiger partial charge in [0, 0.05) is 37.9 Å². The Hall–Kier alpha value is -2.25. The Morgan fingerprint density at radius 1 is 0.846 bits per heavy atom. The Balaban J connectivity index is 1.27. The molecule has 5 rings (SSSR count). The van der Waals surface area contributed by atoms with Crippen LogP contribution in [0.5, 0.6) is 0 Å². The standard InChI is InChI=1S/C18H25N7O/c26-18(17-23-20-14-4-2-1-3-10-24(14)17)19-13-7-8-15-21-22-16(12-5-6-12)25(15)11-9-13/h12-13H,1-11H2,(H,19,26). The Labute approximate surface area is 152 Å². The molecule has 1 fully saturated rings. The van der Waals surface area contributed by atoms with E-state index in [4.69, 9.17) is 0 Å². The first-order valence-electron chi connectivity index (χ1n) is 9.94. The van der Waals surface area contributed by atoms with Crippen LogP contribution >= 0.6 is 0 Å². The van der Waals surface area contributed by atoms with E-state index in [1.807, 2.05) is 4.57 Å². The fraction of sp³-hybridized carbons (Fsp3) is 0.722. The van der Waals surface area contributed by atoms with Gasteiger partial charge in [0.25, 0.3) is 5.91 Å². The lowest BCUT2D eigenvalue weighted by atomic mass is 10.1. The van der Waals surface area contributed by atoms with E-state index in [0.717, 1.165) is 69.1 Å². The van der Waals surface area contributed by atoms with E-state index in [1.54, 1.807) is 0 Å². The third-order valence-corrected chi connectivity index (χ3v) is 5.86. The van der Waals surface area contributed by atoms with Crippen LogP contribution in [0.15, 0.2) is 0 Å². The molecule has 1 N–H and O–H groups in total. The van der Waals surface area contributed by atoms with Gasteiger partial charge in [-0.15, -0.1) is 20.4 Å². The average molecular weight is 355 g/mol. The summed E-state index contributed by atoms with van der Waals surface area (Å²) in [6.45, 7) is 1.73. The molecule has 3 aliphatic rings. The molecule has 0 radical (unpaired) electrons. The molecule has 138 valence electrons. The second-order valence-corrected chi connectivity index (χ2v) is 7.80. The molecule has 0 aromatic carbocycles. The molecule has 1 atom stereocenters. The summed E-state index contributed by atoms with van der Waals surface area (Å²) >= 11 is 0. The van der Waals surface area contributed by atoms with Gasteiger partial charge in [0.1, 0.15) is 17.5 Å². The number of aryl methyl sites for hydroxylation is 2. The van der Waals surface area contributed by atoms with Gasteiger partial charge in [-0.25, -0.2) is 0 Å². The smallest absolute Gasteiger partial charge is 0.289 e. The molecule has 4 heterocycles. The van der Waals surface area contributed by atoms with Gasteiger partial charge in [0.05, 0.1) is 0 Å². The van der Waals surface area contributed by atoms with Crippen molar-refractivity contribution in [2.24, 2.45) is 0 Å². The van der Waals surface area contributed by atoms with Crippen molar-refractivity contribution in [2.45, 2.75) is 82.8 Å². The van der Waals surface area contributed by atoms with Gasteiger partial charge < -0.3 is 14.5 Å². The fourth-order valence-corrected chi connectivity index (χ4v) is 4.20. The number of hydrogen-bond acceptors (Lipinski definition) is 5. The molecule has 0 bridgehead atoms. The van der Waals surface area contributed by atoms with Crippen molar-refractivity contribution in [3.63, 3.8) is 0 Å².